The van der Waals surface area contributed by atoms with Gasteiger partial charge in [-0.15, -0.1) is 0 Å². The van der Waals surface area contributed by atoms with E-state index < -0.39 is 0 Å². The van der Waals surface area contributed by atoms with Crippen LogP contribution in [0.1, 0.15) is 20.8 Å². The first-order valence-corrected chi connectivity index (χ1v) is 5.06. The van der Waals surface area contributed by atoms with Crippen molar-refractivity contribution < 1.29 is 52.6 Å². The fourth-order valence-electron chi connectivity index (χ4n) is 0.393. The number of carbonyl (C=O) groups is 1. The van der Waals surface area contributed by atoms with Crippen molar-refractivity contribution in [1.82, 2.24) is 0 Å². The Labute approximate surface area is 89.9 Å². The zero-order valence-corrected chi connectivity index (χ0v) is 11.5. The molecule has 0 saturated carbocycles. The van der Waals surface area contributed by atoms with Gasteiger partial charge in [0.1, 0.15) is 0 Å². The van der Waals surface area contributed by atoms with E-state index in [1.807, 2.05) is 20.8 Å². The zero-order chi connectivity index (χ0) is 7.49. The van der Waals surface area contributed by atoms with Gasteiger partial charge in [-0.3, -0.25) is 0 Å². The summed E-state index contributed by atoms with van der Waals surface area (Å²) in [6, 6.07) is 0. The van der Waals surface area contributed by atoms with Gasteiger partial charge in [-0.2, -0.15) is 0 Å². The molecule has 0 bridgehead atoms. The first-order valence-electron chi connectivity index (χ1n) is 2.97. The number of esters is 1. The van der Waals surface area contributed by atoms with Crippen LogP contribution in [0.25, 0.3) is 0 Å². The van der Waals surface area contributed by atoms with Crippen LogP contribution in [0.2, 0.25) is 5.02 Å². The fourth-order valence-corrected chi connectivity index (χ4v) is 0.607. The van der Waals surface area contributed by atoms with Crippen molar-refractivity contribution in [2.75, 3.05) is 0 Å². The molecular weight excluding hydrogens is 240 g/mol. The number of rotatable bonds is 1. The van der Waals surface area contributed by atoms with Crippen molar-refractivity contribution in [1.29, 1.82) is 0 Å². The van der Waals surface area contributed by atoms with Crippen molar-refractivity contribution in [3.05, 3.63) is 0 Å². The third kappa shape index (κ3) is 13.6. The van der Waals surface area contributed by atoms with E-state index in [0.29, 0.717) is 5.02 Å². The number of carbonyl (C=O) groups excluding carboxylic acids is 1. The van der Waals surface area contributed by atoms with Crippen LogP contribution in [-0.2, 0) is 27.8 Å². The van der Waals surface area contributed by atoms with Crippen LogP contribution in [0.5, 0.6) is 0 Å². The van der Waals surface area contributed by atoms with Gasteiger partial charge in [0, 0.05) is 0 Å². The van der Waals surface area contributed by atoms with Crippen LogP contribution in [0.3, 0.4) is 0 Å². The standard InChI is InChI=1S/C6H11O2.2ClH.Zn/c1-5(7)8-6(2,3)4;;;/h1H2,2-4H3;2*1H;/q;;;+2/p-2. The van der Waals surface area contributed by atoms with Crippen LogP contribution >= 0.6 is 0 Å². The molecule has 63 valence electrons. The summed E-state index contributed by atoms with van der Waals surface area (Å²) < 4.78 is 4.98. The Bertz CT molecular complexity index is 112. The van der Waals surface area contributed by atoms with Gasteiger partial charge in [0.05, 0.1) is 0 Å². The summed E-state index contributed by atoms with van der Waals surface area (Å²) in [4.78, 5) is 10.6. The largest absolute Gasteiger partial charge is 1.00 e. The molecule has 0 rings (SSSR count). The number of ether oxygens (including phenoxy) is 1. The number of hydrogen-bond donors (Lipinski definition) is 0. The molecule has 0 aromatic rings. The molecule has 0 unspecified atom stereocenters. The molecule has 5 heteroatoms. The summed E-state index contributed by atoms with van der Waals surface area (Å²) in [5.74, 6) is -0.0810. The van der Waals surface area contributed by atoms with E-state index in [1.54, 1.807) is 0 Å². The summed E-state index contributed by atoms with van der Waals surface area (Å²) in [7, 11) is 0. The Kier molecular flexibility index (Phi) is 11.8. The molecule has 2 nitrogen and oxygen atoms in total. The maximum absolute atomic E-state index is 10.6. The van der Waals surface area contributed by atoms with Crippen LogP contribution in [0, 0.1) is 0 Å². The Hall–Kier alpha value is 0.673. The van der Waals surface area contributed by atoms with Crippen molar-refractivity contribution >= 4 is 5.97 Å². The maximum Gasteiger partial charge on any atom is -1.00 e. The second-order valence-corrected chi connectivity index (χ2v) is 3.89. The van der Waals surface area contributed by atoms with E-state index in [2.05, 4.69) is 0 Å². The molecular formula is C6H11Cl2O2Zn. The minimum atomic E-state index is -0.306. The van der Waals surface area contributed by atoms with E-state index in [1.165, 1.54) is 0 Å². The SMILES string of the molecule is CC(C)(C)OC(=O)[CH2][Zn+2].[Cl-].[Cl-]. The minimum Gasteiger partial charge on any atom is -1.00 e. The van der Waals surface area contributed by atoms with Crippen LogP contribution in [0.15, 0.2) is 0 Å². The Balaban J connectivity index is -0.000000320. The Morgan fingerprint density at radius 2 is 1.73 bits per heavy atom. The smallest absolute Gasteiger partial charge is 1.00 e. The van der Waals surface area contributed by atoms with Gasteiger partial charge in [0.25, 0.3) is 0 Å². The third-order valence-electron chi connectivity index (χ3n) is 0.624. The van der Waals surface area contributed by atoms with Gasteiger partial charge < -0.3 is 24.8 Å². The van der Waals surface area contributed by atoms with E-state index in [9.17, 15) is 4.79 Å². The normalized spacial score (nSPS) is 9.18. The van der Waals surface area contributed by atoms with E-state index >= 15 is 0 Å². The average molecular weight is 251 g/mol. The zero-order valence-electron chi connectivity index (χ0n) is 6.99. The average Bonchev–Trinajstić information content (AvgIpc) is 1.62. The van der Waals surface area contributed by atoms with Gasteiger partial charge in [-0.1, -0.05) is 0 Å². The molecule has 0 aromatic heterocycles. The minimum absolute atomic E-state index is 0. The molecule has 0 atom stereocenters. The topological polar surface area (TPSA) is 26.3 Å². The van der Waals surface area contributed by atoms with Crippen molar-refractivity contribution in [2.24, 2.45) is 0 Å². The van der Waals surface area contributed by atoms with Crippen LogP contribution in [-0.4, -0.2) is 11.6 Å². The second-order valence-electron chi connectivity index (χ2n) is 2.84. The molecule has 0 amide bonds. The molecule has 0 N–H and O–H groups in total. The van der Waals surface area contributed by atoms with Crippen LogP contribution < -0.4 is 24.8 Å². The summed E-state index contributed by atoms with van der Waals surface area (Å²) in [5.41, 5.74) is -0.306. The molecule has 0 saturated heterocycles. The van der Waals surface area contributed by atoms with Gasteiger partial charge in [-0.25, -0.2) is 0 Å². The van der Waals surface area contributed by atoms with Gasteiger partial charge >= 0.3 is 65.2 Å². The van der Waals surface area contributed by atoms with Gasteiger partial charge in [-0.05, 0) is 0 Å². The van der Waals surface area contributed by atoms with Gasteiger partial charge in [0.2, 0.25) is 0 Å². The third-order valence-corrected chi connectivity index (χ3v) is 1.48. The summed E-state index contributed by atoms with van der Waals surface area (Å²) in [5, 5.41) is 0.581. The molecule has 11 heavy (non-hydrogen) atoms. The second kappa shape index (κ2) is 7.33. The molecule has 0 fully saturated rings. The number of hydrogen-bond acceptors (Lipinski definition) is 2. The Morgan fingerprint density at radius 1 is 1.36 bits per heavy atom. The summed E-state index contributed by atoms with van der Waals surface area (Å²) in [6.07, 6.45) is 0. The molecule has 0 aliphatic heterocycles. The van der Waals surface area contributed by atoms with Crippen molar-refractivity contribution in [2.45, 2.75) is 31.4 Å². The fraction of sp³-hybridized carbons (Fsp3) is 0.833. The Morgan fingerprint density at radius 3 is 1.82 bits per heavy atom. The number of halogens is 2. The maximum atomic E-state index is 10.6. The summed E-state index contributed by atoms with van der Waals surface area (Å²) in [6.45, 7) is 5.63. The quantitative estimate of drug-likeness (QED) is 0.346. The molecule has 0 aliphatic carbocycles. The molecule has 0 spiro atoms. The first kappa shape index (κ1) is 17.7. The first-order chi connectivity index (χ1) is 3.95. The monoisotopic (exact) mass is 249 g/mol. The summed E-state index contributed by atoms with van der Waals surface area (Å²) >= 11 is 0.981. The molecule has 0 aromatic carbocycles. The van der Waals surface area contributed by atoms with Crippen molar-refractivity contribution in [3.8, 4) is 0 Å². The van der Waals surface area contributed by atoms with E-state index in [4.69, 9.17) is 4.74 Å². The predicted molar refractivity (Wildman–Crippen MR) is 30.7 cm³/mol. The molecule has 0 radical (unpaired) electrons. The van der Waals surface area contributed by atoms with E-state index in [-0.39, 0.29) is 36.4 Å². The molecule has 0 aliphatic rings. The van der Waals surface area contributed by atoms with E-state index in [0.717, 1.165) is 18.3 Å². The van der Waals surface area contributed by atoms with Gasteiger partial charge in [0.15, 0.2) is 0 Å². The predicted octanol–water partition coefficient (Wildman–Crippen LogP) is -4.70. The van der Waals surface area contributed by atoms with Crippen LogP contribution in [0.4, 0.5) is 0 Å². The molecule has 0 heterocycles. The van der Waals surface area contributed by atoms with Crippen molar-refractivity contribution in [3.63, 3.8) is 0 Å².